The molecule has 0 saturated carbocycles. The number of halogens is 2. The lowest BCUT2D eigenvalue weighted by Gasteiger charge is -2.14. The first-order valence-corrected chi connectivity index (χ1v) is 12.9. The van der Waals surface area contributed by atoms with Gasteiger partial charge in [-0.15, -0.1) is 0 Å². The van der Waals surface area contributed by atoms with E-state index in [0.717, 1.165) is 16.2 Å². The SMILES string of the molecule is COCCCN1C(=O)C(Nc2ccc(F)cc2)=C(Sc2cccc(NC(=O)c3ccc(Br)cc3)c2)C1=O. The van der Waals surface area contributed by atoms with Crippen LogP contribution in [0.4, 0.5) is 15.8 Å². The van der Waals surface area contributed by atoms with E-state index in [1.54, 1.807) is 55.6 Å². The summed E-state index contributed by atoms with van der Waals surface area (Å²) in [6, 6.07) is 19.5. The van der Waals surface area contributed by atoms with Crippen LogP contribution >= 0.6 is 27.7 Å². The Morgan fingerprint density at radius 2 is 1.73 bits per heavy atom. The van der Waals surface area contributed by atoms with Gasteiger partial charge >= 0.3 is 0 Å². The van der Waals surface area contributed by atoms with Crippen LogP contribution in [0.3, 0.4) is 0 Å². The molecule has 3 aromatic rings. The Bertz CT molecular complexity index is 1350. The zero-order chi connectivity index (χ0) is 26.4. The van der Waals surface area contributed by atoms with E-state index in [9.17, 15) is 18.8 Å². The molecule has 0 fully saturated rings. The number of amides is 3. The lowest BCUT2D eigenvalue weighted by atomic mass is 10.2. The summed E-state index contributed by atoms with van der Waals surface area (Å²) in [6.45, 7) is 0.605. The highest BCUT2D eigenvalue weighted by atomic mass is 79.9. The van der Waals surface area contributed by atoms with Gasteiger partial charge < -0.3 is 15.4 Å². The van der Waals surface area contributed by atoms with Crippen molar-refractivity contribution in [2.75, 3.05) is 30.9 Å². The van der Waals surface area contributed by atoms with Crippen LogP contribution in [-0.4, -0.2) is 42.9 Å². The van der Waals surface area contributed by atoms with Crippen LogP contribution in [-0.2, 0) is 14.3 Å². The maximum Gasteiger partial charge on any atom is 0.278 e. The number of carbonyl (C=O) groups excluding carboxylic acids is 3. The molecule has 0 aliphatic carbocycles. The molecule has 0 radical (unpaired) electrons. The molecule has 0 saturated heterocycles. The minimum absolute atomic E-state index is 0.114. The number of hydrogen-bond donors (Lipinski definition) is 2. The second-order valence-electron chi connectivity index (χ2n) is 8.04. The van der Waals surface area contributed by atoms with Crippen LogP contribution in [0.1, 0.15) is 16.8 Å². The number of carbonyl (C=O) groups is 3. The van der Waals surface area contributed by atoms with Gasteiger partial charge in [0.05, 0.1) is 0 Å². The van der Waals surface area contributed by atoms with E-state index in [2.05, 4.69) is 26.6 Å². The van der Waals surface area contributed by atoms with Gasteiger partial charge in [-0.2, -0.15) is 0 Å². The van der Waals surface area contributed by atoms with Gasteiger partial charge in [0.1, 0.15) is 16.4 Å². The highest BCUT2D eigenvalue weighted by molar-refractivity contribution is 9.10. The Labute approximate surface area is 226 Å². The van der Waals surface area contributed by atoms with Crippen molar-refractivity contribution in [3.05, 3.63) is 99.3 Å². The Balaban J connectivity index is 1.57. The average Bonchev–Trinajstić information content (AvgIpc) is 3.10. The van der Waals surface area contributed by atoms with E-state index in [1.165, 1.54) is 29.2 Å². The zero-order valence-corrected chi connectivity index (χ0v) is 22.2. The van der Waals surface area contributed by atoms with E-state index in [4.69, 9.17) is 4.74 Å². The van der Waals surface area contributed by atoms with Crippen molar-refractivity contribution in [1.29, 1.82) is 0 Å². The third-order valence-corrected chi connectivity index (χ3v) is 6.99. The molecule has 0 unspecified atom stereocenters. The molecule has 1 aliphatic heterocycles. The number of hydrogen-bond acceptors (Lipinski definition) is 6. The first-order chi connectivity index (χ1) is 17.9. The predicted octanol–water partition coefficient (Wildman–Crippen LogP) is 5.66. The molecule has 1 heterocycles. The molecule has 37 heavy (non-hydrogen) atoms. The summed E-state index contributed by atoms with van der Waals surface area (Å²) in [6.07, 6.45) is 0.493. The molecule has 10 heteroatoms. The highest BCUT2D eigenvalue weighted by Crippen LogP contribution is 2.37. The van der Waals surface area contributed by atoms with Crippen molar-refractivity contribution < 1.29 is 23.5 Å². The zero-order valence-electron chi connectivity index (χ0n) is 19.8. The summed E-state index contributed by atoms with van der Waals surface area (Å²) in [5, 5.41) is 5.84. The van der Waals surface area contributed by atoms with Crippen molar-refractivity contribution in [3.8, 4) is 0 Å². The first-order valence-electron chi connectivity index (χ1n) is 11.3. The summed E-state index contributed by atoms with van der Waals surface area (Å²) in [5.74, 6) is -1.58. The van der Waals surface area contributed by atoms with Crippen molar-refractivity contribution >= 4 is 56.8 Å². The van der Waals surface area contributed by atoms with Gasteiger partial charge in [-0.3, -0.25) is 19.3 Å². The highest BCUT2D eigenvalue weighted by Gasteiger charge is 2.38. The third kappa shape index (κ3) is 6.65. The number of ether oxygens (including phenoxy) is 1. The Hall–Kier alpha value is -3.47. The van der Waals surface area contributed by atoms with Gasteiger partial charge in [-0.05, 0) is 73.2 Å². The van der Waals surface area contributed by atoms with Crippen LogP contribution in [0, 0.1) is 5.82 Å². The number of benzene rings is 3. The fraction of sp³-hybridized carbons (Fsp3) is 0.148. The maximum absolute atomic E-state index is 13.4. The summed E-state index contributed by atoms with van der Waals surface area (Å²) in [5.41, 5.74) is 1.63. The number of thioether (sulfide) groups is 1. The number of methoxy groups -OCH3 is 1. The van der Waals surface area contributed by atoms with Crippen molar-refractivity contribution in [2.24, 2.45) is 0 Å². The molecular formula is C27H23BrFN3O4S. The standard InChI is InChI=1S/C27H23BrFN3O4S/c1-36-15-3-14-32-26(34)23(30-20-12-10-19(29)11-13-20)24(27(32)35)37-22-5-2-4-21(16-22)31-25(33)17-6-8-18(28)9-7-17/h2,4-13,16,30H,3,14-15H2,1H3,(H,31,33). The molecule has 0 bridgehead atoms. The Morgan fingerprint density at radius 3 is 2.43 bits per heavy atom. The quantitative estimate of drug-likeness (QED) is 0.236. The van der Waals surface area contributed by atoms with E-state index in [-0.39, 0.29) is 23.1 Å². The lowest BCUT2D eigenvalue weighted by Crippen LogP contribution is -2.33. The number of rotatable bonds is 10. The first kappa shape index (κ1) is 26.6. The molecule has 0 aromatic heterocycles. The molecule has 0 atom stereocenters. The molecule has 190 valence electrons. The van der Waals surface area contributed by atoms with Crippen molar-refractivity contribution in [3.63, 3.8) is 0 Å². The smallest absolute Gasteiger partial charge is 0.278 e. The fourth-order valence-corrected chi connectivity index (χ4v) is 4.84. The summed E-state index contributed by atoms with van der Waals surface area (Å²) in [4.78, 5) is 41.1. The molecule has 3 aromatic carbocycles. The van der Waals surface area contributed by atoms with E-state index in [1.807, 2.05) is 0 Å². The molecule has 7 nitrogen and oxygen atoms in total. The van der Waals surface area contributed by atoms with Crippen LogP contribution in [0.5, 0.6) is 0 Å². The van der Waals surface area contributed by atoms with Gasteiger partial charge in [-0.25, -0.2) is 4.39 Å². The van der Waals surface area contributed by atoms with E-state index >= 15 is 0 Å². The summed E-state index contributed by atoms with van der Waals surface area (Å²) >= 11 is 4.47. The van der Waals surface area contributed by atoms with E-state index in [0.29, 0.717) is 34.9 Å². The second-order valence-corrected chi connectivity index (χ2v) is 10.0. The minimum atomic E-state index is -0.465. The molecular weight excluding hydrogens is 561 g/mol. The topological polar surface area (TPSA) is 87.7 Å². The number of imide groups is 1. The van der Waals surface area contributed by atoms with Crippen LogP contribution in [0.2, 0.25) is 0 Å². The average molecular weight is 584 g/mol. The van der Waals surface area contributed by atoms with Crippen molar-refractivity contribution in [2.45, 2.75) is 11.3 Å². The van der Waals surface area contributed by atoms with Gasteiger partial charge in [0.25, 0.3) is 17.7 Å². The number of nitrogens with zero attached hydrogens (tertiary/aromatic N) is 1. The molecule has 1 aliphatic rings. The Morgan fingerprint density at radius 1 is 1.00 bits per heavy atom. The van der Waals surface area contributed by atoms with Gasteiger partial charge in [0, 0.05) is 46.6 Å². The lowest BCUT2D eigenvalue weighted by molar-refractivity contribution is -0.137. The fourth-order valence-electron chi connectivity index (χ4n) is 3.57. The molecule has 2 N–H and O–H groups in total. The monoisotopic (exact) mass is 583 g/mol. The number of anilines is 2. The second kappa shape index (κ2) is 12.2. The number of nitrogens with one attached hydrogen (secondary N) is 2. The van der Waals surface area contributed by atoms with Crippen molar-refractivity contribution in [1.82, 2.24) is 4.90 Å². The molecule has 4 rings (SSSR count). The molecule has 3 amide bonds. The minimum Gasteiger partial charge on any atom is -0.385 e. The molecule has 0 spiro atoms. The van der Waals surface area contributed by atoms with E-state index < -0.39 is 17.6 Å². The van der Waals surface area contributed by atoms with Gasteiger partial charge in [0.2, 0.25) is 0 Å². The van der Waals surface area contributed by atoms with Gasteiger partial charge in [0.15, 0.2) is 0 Å². The van der Waals surface area contributed by atoms with Crippen LogP contribution < -0.4 is 10.6 Å². The maximum atomic E-state index is 13.4. The normalized spacial score (nSPS) is 13.3. The predicted molar refractivity (Wildman–Crippen MR) is 145 cm³/mol. The summed E-state index contributed by atoms with van der Waals surface area (Å²) in [7, 11) is 1.55. The van der Waals surface area contributed by atoms with Gasteiger partial charge in [-0.1, -0.05) is 33.8 Å². The largest absolute Gasteiger partial charge is 0.385 e. The third-order valence-electron chi connectivity index (χ3n) is 5.39. The summed E-state index contributed by atoms with van der Waals surface area (Å²) < 4.78 is 19.3. The Kier molecular flexibility index (Phi) is 8.75. The van der Waals surface area contributed by atoms with Crippen LogP contribution in [0.15, 0.2) is 92.8 Å². The van der Waals surface area contributed by atoms with Crippen LogP contribution in [0.25, 0.3) is 0 Å².